The average Bonchev–Trinajstić information content (AvgIpc) is 2.64. The summed E-state index contributed by atoms with van der Waals surface area (Å²) in [6.07, 6.45) is 0.563. The van der Waals surface area contributed by atoms with E-state index in [9.17, 15) is 13.5 Å². The van der Waals surface area contributed by atoms with E-state index in [4.69, 9.17) is 4.74 Å². The molecule has 1 aromatic rings. The van der Waals surface area contributed by atoms with Crippen LogP contribution in [-0.2, 0) is 21.4 Å². The van der Waals surface area contributed by atoms with Gasteiger partial charge in [-0.25, -0.2) is 8.42 Å². The molecule has 0 aromatic heterocycles. The van der Waals surface area contributed by atoms with E-state index in [0.717, 1.165) is 0 Å². The molecule has 20 heavy (non-hydrogen) atoms. The lowest BCUT2D eigenvalue weighted by Crippen LogP contribution is -2.36. The van der Waals surface area contributed by atoms with E-state index in [2.05, 4.69) is 15.9 Å². The molecule has 1 fully saturated rings. The van der Waals surface area contributed by atoms with Crippen LogP contribution in [0.4, 0.5) is 0 Å². The first-order valence-corrected chi connectivity index (χ1v) is 8.69. The maximum Gasteiger partial charge on any atom is 0.244 e. The van der Waals surface area contributed by atoms with Gasteiger partial charge in [-0.3, -0.25) is 0 Å². The first kappa shape index (κ1) is 15.9. The Morgan fingerprint density at radius 2 is 2.25 bits per heavy atom. The van der Waals surface area contributed by atoms with Gasteiger partial charge in [-0.15, -0.1) is 0 Å². The second-order valence-electron chi connectivity index (χ2n) is 4.82. The predicted molar refractivity (Wildman–Crippen MR) is 78.9 cm³/mol. The number of ether oxygens (including phenoxy) is 1. The zero-order valence-corrected chi connectivity index (χ0v) is 13.7. The van der Waals surface area contributed by atoms with Crippen LogP contribution in [0.1, 0.15) is 18.9 Å². The summed E-state index contributed by atoms with van der Waals surface area (Å²) in [5.74, 6) is 0. The van der Waals surface area contributed by atoms with Crippen molar-refractivity contribution in [2.75, 3.05) is 19.7 Å². The highest BCUT2D eigenvalue weighted by molar-refractivity contribution is 9.10. The molecule has 0 spiro atoms. The van der Waals surface area contributed by atoms with Crippen molar-refractivity contribution in [2.45, 2.75) is 31.0 Å². The van der Waals surface area contributed by atoms with E-state index < -0.39 is 10.0 Å². The first-order chi connectivity index (χ1) is 9.45. The maximum atomic E-state index is 12.7. The van der Waals surface area contributed by atoms with Crippen molar-refractivity contribution in [1.29, 1.82) is 0 Å². The first-order valence-electron chi connectivity index (χ1n) is 6.46. The minimum Gasteiger partial charge on any atom is -0.392 e. The summed E-state index contributed by atoms with van der Waals surface area (Å²) in [6, 6.07) is 4.85. The van der Waals surface area contributed by atoms with Gasteiger partial charge in [-0.2, -0.15) is 4.31 Å². The van der Waals surface area contributed by atoms with Crippen LogP contribution in [0.3, 0.4) is 0 Å². The highest BCUT2D eigenvalue weighted by atomic mass is 79.9. The van der Waals surface area contributed by atoms with Crippen molar-refractivity contribution in [3.05, 3.63) is 28.2 Å². The topological polar surface area (TPSA) is 66.8 Å². The van der Waals surface area contributed by atoms with Crippen molar-refractivity contribution in [3.8, 4) is 0 Å². The molecular formula is C13H18BrNO4S. The largest absolute Gasteiger partial charge is 0.392 e. The van der Waals surface area contributed by atoms with Crippen molar-refractivity contribution in [3.63, 3.8) is 0 Å². The molecule has 0 saturated carbocycles. The van der Waals surface area contributed by atoms with Crippen molar-refractivity contribution in [2.24, 2.45) is 0 Å². The Balaban J connectivity index is 2.38. The van der Waals surface area contributed by atoms with Gasteiger partial charge in [-0.1, -0.05) is 6.07 Å². The molecule has 0 aliphatic carbocycles. The van der Waals surface area contributed by atoms with Crippen LogP contribution >= 0.6 is 15.9 Å². The molecule has 1 unspecified atom stereocenters. The van der Waals surface area contributed by atoms with Gasteiger partial charge in [0.1, 0.15) is 0 Å². The lowest BCUT2D eigenvalue weighted by Gasteiger charge is -2.22. The molecule has 7 heteroatoms. The predicted octanol–water partition coefficient (Wildman–Crippen LogP) is 1.74. The molecule has 5 nitrogen and oxygen atoms in total. The molecular weight excluding hydrogens is 346 g/mol. The molecule has 0 amide bonds. The molecule has 0 bridgehead atoms. The number of sulfonamides is 1. The summed E-state index contributed by atoms with van der Waals surface area (Å²) in [6.45, 7) is 3.05. The Kier molecular flexibility index (Phi) is 5.19. The van der Waals surface area contributed by atoms with Crippen molar-refractivity contribution < 1.29 is 18.3 Å². The van der Waals surface area contributed by atoms with Crippen LogP contribution in [0.2, 0.25) is 0 Å². The van der Waals surface area contributed by atoms with E-state index in [0.29, 0.717) is 36.2 Å². The minimum absolute atomic E-state index is 0.118. The maximum absolute atomic E-state index is 12.7. The van der Waals surface area contributed by atoms with E-state index >= 15 is 0 Å². The van der Waals surface area contributed by atoms with Gasteiger partial charge in [-0.05, 0) is 47.0 Å². The second kappa shape index (κ2) is 6.53. The Morgan fingerprint density at radius 1 is 1.50 bits per heavy atom. The Bertz CT molecular complexity index is 576. The number of hydrogen-bond acceptors (Lipinski definition) is 4. The molecule has 0 radical (unpaired) electrons. The standard InChI is InChI=1S/C13H18BrNO4S/c1-10-8-15(5-2-6-19-10)20(17,18)13-7-11(9-16)3-4-12(13)14/h3-4,7,10,16H,2,5-6,8-9H2,1H3. The molecule has 2 rings (SSSR count). The van der Waals surface area contributed by atoms with E-state index in [-0.39, 0.29) is 17.6 Å². The molecule has 1 saturated heterocycles. The third kappa shape index (κ3) is 3.40. The summed E-state index contributed by atoms with van der Waals surface area (Å²) in [5.41, 5.74) is 0.575. The van der Waals surface area contributed by atoms with Crippen molar-refractivity contribution >= 4 is 26.0 Å². The summed E-state index contributed by atoms with van der Waals surface area (Å²) < 4.78 is 32.9. The van der Waals surface area contributed by atoms with E-state index in [1.807, 2.05) is 6.92 Å². The van der Waals surface area contributed by atoms with Crippen LogP contribution in [-0.4, -0.2) is 43.6 Å². The normalized spacial score (nSPS) is 21.6. The molecule has 112 valence electrons. The second-order valence-corrected chi connectivity index (χ2v) is 7.58. The lowest BCUT2D eigenvalue weighted by molar-refractivity contribution is 0.0752. The minimum atomic E-state index is -3.59. The molecule has 1 N–H and O–H groups in total. The quantitative estimate of drug-likeness (QED) is 0.887. The summed E-state index contributed by atoms with van der Waals surface area (Å²) in [4.78, 5) is 0.193. The number of aliphatic hydroxyl groups is 1. The third-order valence-electron chi connectivity index (χ3n) is 3.21. The van der Waals surface area contributed by atoms with Gasteiger partial charge >= 0.3 is 0 Å². The van der Waals surface area contributed by atoms with E-state index in [1.165, 1.54) is 10.4 Å². The lowest BCUT2D eigenvalue weighted by atomic mass is 10.2. The molecule has 1 aromatic carbocycles. The Labute approximate surface area is 127 Å². The van der Waals surface area contributed by atoms with E-state index in [1.54, 1.807) is 12.1 Å². The van der Waals surface area contributed by atoms with Crippen LogP contribution in [0.25, 0.3) is 0 Å². The number of halogens is 1. The van der Waals surface area contributed by atoms with Gasteiger partial charge < -0.3 is 9.84 Å². The van der Waals surface area contributed by atoms with Crippen LogP contribution in [0, 0.1) is 0 Å². The third-order valence-corrected chi connectivity index (χ3v) is 6.07. The fourth-order valence-corrected chi connectivity index (χ4v) is 4.69. The highest BCUT2D eigenvalue weighted by Crippen LogP contribution is 2.27. The monoisotopic (exact) mass is 363 g/mol. The smallest absolute Gasteiger partial charge is 0.244 e. The van der Waals surface area contributed by atoms with Crippen LogP contribution < -0.4 is 0 Å². The van der Waals surface area contributed by atoms with Gasteiger partial charge in [0.2, 0.25) is 10.0 Å². The number of nitrogens with zero attached hydrogens (tertiary/aromatic N) is 1. The Morgan fingerprint density at radius 3 is 2.95 bits per heavy atom. The molecule has 1 aliphatic heterocycles. The van der Waals surface area contributed by atoms with Crippen molar-refractivity contribution in [1.82, 2.24) is 4.31 Å². The zero-order chi connectivity index (χ0) is 14.8. The fourth-order valence-electron chi connectivity index (χ4n) is 2.16. The van der Waals surface area contributed by atoms with Gasteiger partial charge in [0, 0.05) is 24.2 Å². The Hall–Kier alpha value is -0.470. The van der Waals surface area contributed by atoms with Gasteiger partial charge in [0.25, 0.3) is 0 Å². The fraction of sp³-hybridized carbons (Fsp3) is 0.538. The number of benzene rings is 1. The molecule has 1 atom stereocenters. The van der Waals surface area contributed by atoms with Gasteiger partial charge in [0.05, 0.1) is 17.6 Å². The SMILES string of the molecule is CC1CN(S(=O)(=O)c2cc(CO)ccc2Br)CCCO1. The average molecular weight is 364 g/mol. The van der Waals surface area contributed by atoms with Crippen LogP contribution in [0.15, 0.2) is 27.6 Å². The number of rotatable bonds is 3. The zero-order valence-electron chi connectivity index (χ0n) is 11.3. The summed E-state index contributed by atoms with van der Waals surface area (Å²) in [5, 5.41) is 9.17. The van der Waals surface area contributed by atoms with Gasteiger partial charge in [0.15, 0.2) is 0 Å². The van der Waals surface area contributed by atoms with Crippen LogP contribution in [0.5, 0.6) is 0 Å². The summed E-state index contributed by atoms with van der Waals surface area (Å²) in [7, 11) is -3.59. The highest BCUT2D eigenvalue weighted by Gasteiger charge is 2.29. The molecule has 1 heterocycles. The number of aliphatic hydroxyl groups excluding tert-OH is 1. The molecule has 1 aliphatic rings. The number of hydrogen-bond donors (Lipinski definition) is 1. The summed E-state index contributed by atoms with van der Waals surface area (Å²) >= 11 is 3.28.